The molecular formula is C16H21ClN2O. The molecule has 0 bridgehead atoms. The number of nitrogens with zero attached hydrogens (tertiary/aromatic N) is 2. The van der Waals surface area contributed by atoms with Crippen molar-refractivity contribution in [2.75, 3.05) is 19.1 Å². The van der Waals surface area contributed by atoms with Gasteiger partial charge in [-0.1, -0.05) is 6.07 Å². The van der Waals surface area contributed by atoms with E-state index in [-0.39, 0.29) is 0 Å². The lowest BCUT2D eigenvalue weighted by Crippen LogP contribution is -2.09. The molecule has 108 valence electrons. The summed E-state index contributed by atoms with van der Waals surface area (Å²) in [6.07, 6.45) is 3.18. The normalized spacial score (nSPS) is 19.0. The Morgan fingerprint density at radius 1 is 1.45 bits per heavy atom. The smallest absolute Gasteiger partial charge is 0.111 e. The largest absolute Gasteiger partial charge is 0.381 e. The summed E-state index contributed by atoms with van der Waals surface area (Å²) in [7, 11) is 0. The predicted octanol–water partition coefficient (Wildman–Crippen LogP) is 3.55. The zero-order valence-electron chi connectivity index (χ0n) is 11.9. The fourth-order valence-corrected chi connectivity index (χ4v) is 3.10. The number of hydrogen-bond donors (Lipinski definition) is 0. The number of imidazole rings is 1. The van der Waals surface area contributed by atoms with Crippen LogP contribution in [0, 0.1) is 12.8 Å². The first-order valence-corrected chi connectivity index (χ1v) is 7.91. The van der Waals surface area contributed by atoms with Gasteiger partial charge in [0.1, 0.15) is 5.82 Å². The molecule has 1 saturated heterocycles. The van der Waals surface area contributed by atoms with Gasteiger partial charge in [0.2, 0.25) is 0 Å². The number of hydrogen-bond acceptors (Lipinski definition) is 2. The molecule has 1 aromatic carbocycles. The Kier molecular flexibility index (Phi) is 4.27. The first kappa shape index (κ1) is 13.9. The molecule has 4 heteroatoms. The van der Waals surface area contributed by atoms with Gasteiger partial charge in [-0.25, -0.2) is 4.98 Å². The van der Waals surface area contributed by atoms with Gasteiger partial charge in [-0.3, -0.25) is 0 Å². The van der Waals surface area contributed by atoms with Crippen molar-refractivity contribution in [3.63, 3.8) is 0 Å². The van der Waals surface area contributed by atoms with E-state index in [1.807, 2.05) is 0 Å². The second-order valence-electron chi connectivity index (χ2n) is 5.63. The molecule has 2 heterocycles. The van der Waals surface area contributed by atoms with E-state index in [1.165, 1.54) is 17.5 Å². The van der Waals surface area contributed by atoms with E-state index in [0.29, 0.717) is 11.8 Å². The maximum atomic E-state index is 5.92. The zero-order valence-corrected chi connectivity index (χ0v) is 12.7. The highest BCUT2D eigenvalue weighted by atomic mass is 35.5. The average molecular weight is 293 g/mol. The first-order valence-electron chi connectivity index (χ1n) is 7.37. The summed E-state index contributed by atoms with van der Waals surface area (Å²) in [4.78, 5) is 4.74. The van der Waals surface area contributed by atoms with Gasteiger partial charge < -0.3 is 9.30 Å². The molecule has 0 radical (unpaired) electrons. The average Bonchev–Trinajstić information content (AvgIpc) is 3.04. The van der Waals surface area contributed by atoms with Crippen LogP contribution in [0.5, 0.6) is 0 Å². The molecule has 0 aliphatic carbocycles. The third kappa shape index (κ3) is 2.84. The summed E-state index contributed by atoms with van der Waals surface area (Å²) >= 11 is 5.92. The quantitative estimate of drug-likeness (QED) is 0.788. The lowest BCUT2D eigenvalue weighted by atomic mass is 10.1. The zero-order chi connectivity index (χ0) is 13.9. The Labute approximate surface area is 124 Å². The Hall–Kier alpha value is -1.06. The number of fused-ring (bicyclic) bond motifs is 1. The van der Waals surface area contributed by atoms with Gasteiger partial charge in [-0.15, -0.1) is 11.6 Å². The minimum atomic E-state index is 0.620. The minimum absolute atomic E-state index is 0.620. The molecule has 1 atom stereocenters. The second-order valence-corrected chi connectivity index (χ2v) is 6.01. The number of alkyl halides is 1. The molecule has 1 unspecified atom stereocenters. The number of halogens is 1. The molecule has 2 aromatic rings. The van der Waals surface area contributed by atoms with Gasteiger partial charge in [0.05, 0.1) is 11.0 Å². The van der Waals surface area contributed by atoms with Crippen molar-refractivity contribution in [2.45, 2.75) is 32.7 Å². The van der Waals surface area contributed by atoms with Crippen LogP contribution in [0.15, 0.2) is 18.2 Å². The minimum Gasteiger partial charge on any atom is -0.381 e. The van der Waals surface area contributed by atoms with E-state index in [2.05, 4.69) is 29.7 Å². The Morgan fingerprint density at radius 2 is 2.35 bits per heavy atom. The molecule has 1 fully saturated rings. The van der Waals surface area contributed by atoms with Crippen LogP contribution < -0.4 is 0 Å². The summed E-state index contributed by atoms with van der Waals surface area (Å²) in [5, 5.41) is 0. The van der Waals surface area contributed by atoms with E-state index < -0.39 is 0 Å². The monoisotopic (exact) mass is 292 g/mol. The number of benzene rings is 1. The van der Waals surface area contributed by atoms with Gasteiger partial charge in [0.25, 0.3) is 0 Å². The highest BCUT2D eigenvalue weighted by Gasteiger charge is 2.17. The molecule has 3 nitrogen and oxygen atoms in total. The molecule has 20 heavy (non-hydrogen) atoms. The van der Waals surface area contributed by atoms with Gasteiger partial charge >= 0.3 is 0 Å². The topological polar surface area (TPSA) is 27.1 Å². The number of aryl methyl sites for hydroxylation is 3. The highest BCUT2D eigenvalue weighted by molar-refractivity contribution is 6.17. The van der Waals surface area contributed by atoms with Crippen molar-refractivity contribution in [3.8, 4) is 0 Å². The van der Waals surface area contributed by atoms with Crippen LogP contribution >= 0.6 is 11.6 Å². The Bertz CT molecular complexity index is 587. The highest BCUT2D eigenvalue weighted by Crippen LogP contribution is 2.22. The number of aromatic nitrogens is 2. The van der Waals surface area contributed by atoms with Crippen molar-refractivity contribution in [2.24, 2.45) is 5.92 Å². The van der Waals surface area contributed by atoms with Crippen LogP contribution in [-0.2, 0) is 17.7 Å². The van der Waals surface area contributed by atoms with Crippen LogP contribution in [-0.4, -0.2) is 28.6 Å². The van der Waals surface area contributed by atoms with Crippen molar-refractivity contribution in [3.05, 3.63) is 29.6 Å². The summed E-state index contributed by atoms with van der Waals surface area (Å²) < 4.78 is 7.82. The van der Waals surface area contributed by atoms with Gasteiger partial charge in [0.15, 0.2) is 0 Å². The standard InChI is InChI=1S/C16H21ClN2O/c1-12-2-3-14-15(10-12)19(16(18-14)4-7-17)8-5-13-6-9-20-11-13/h2-3,10,13H,4-9,11H2,1H3. The predicted molar refractivity (Wildman–Crippen MR) is 82.4 cm³/mol. The van der Waals surface area contributed by atoms with E-state index in [4.69, 9.17) is 21.3 Å². The number of ether oxygens (including phenoxy) is 1. The Balaban J connectivity index is 1.88. The summed E-state index contributed by atoms with van der Waals surface area (Å²) in [5.41, 5.74) is 3.60. The molecule has 1 aliphatic heterocycles. The fraction of sp³-hybridized carbons (Fsp3) is 0.562. The molecule has 0 spiro atoms. The maximum Gasteiger partial charge on any atom is 0.111 e. The SMILES string of the molecule is Cc1ccc2nc(CCCl)n(CCC3CCOC3)c2c1. The third-order valence-corrected chi connectivity index (χ3v) is 4.27. The van der Waals surface area contributed by atoms with Crippen LogP contribution in [0.1, 0.15) is 24.2 Å². The summed E-state index contributed by atoms with van der Waals surface area (Å²) in [6, 6.07) is 6.46. The molecule has 0 amide bonds. The second kappa shape index (κ2) is 6.15. The lowest BCUT2D eigenvalue weighted by Gasteiger charge is -2.12. The van der Waals surface area contributed by atoms with Crippen LogP contribution in [0.2, 0.25) is 0 Å². The maximum absolute atomic E-state index is 5.92. The van der Waals surface area contributed by atoms with Crippen LogP contribution in [0.25, 0.3) is 11.0 Å². The number of rotatable bonds is 5. The van der Waals surface area contributed by atoms with E-state index in [1.54, 1.807) is 0 Å². The summed E-state index contributed by atoms with van der Waals surface area (Å²) in [6.45, 7) is 4.97. The van der Waals surface area contributed by atoms with Gasteiger partial charge in [-0.2, -0.15) is 0 Å². The first-order chi connectivity index (χ1) is 9.78. The van der Waals surface area contributed by atoms with Crippen molar-refractivity contribution in [1.82, 2.24) is 9.55 Å². The molecule has 1 aliphatic rings. The van der Waals surface area contributed by atoms with Gasteiger partial charge in [-0.05, 0) is 43.4 Å². The van der Waals surface area contributed by atoms with E-state index in [0.717, 1.165) is 43.9 Å². The lowest BCUT2D eigenvalue weighted by molar-refractivity contribution is 0.183. The van der Waals surface area contributed by atoms with Crippen LogP contribution in [0.4, 0.5) is 0 Å². The molecule has 0 saturated carbocycles. The molecule has 0 N–H and O–H groups in total. The molecule has 3 rings (SSSR count). The van der Waals surface area contributed by atoms with Crippen molar-refractivity contribution in [1.29, 1.82) is 0 Å². The fourth-order valence-electron chi connectivity index (χ4n) is 2.93. The summed E-state index contributed by atoms with van der Waals surface area (Å²) in [5.74, 6) is 2.43. The Morgan fingerprint density at radius 3 is 3.10 bits per heavy atom. The third-order valence-electron chi connectivity index (χ3n) is 4.09. The molecule has 1 aromatic heterocycles. The van der Waals surface area contributed by atoms with E-state index in [9.17, 15) is 0 Å². The van der Waals surface area contributed by atoms with Crippen LogP contribution in [0.3, 0.4) is 0 Å². The van der Waals surface area contributed by atoms with Crippen molar-refractivity contribution < 1.29 is 4.74 Å². The molecular weight excluding hydrogens is 272 g/mol. The van der Waals surface area contributed by atoms with Crippen molar-refractivity contribution >= 4 is 22.6 Å². The van der Waals surface area contributed by atoms with Gasteiger partial charge in [0, 0.05) is 32.1 Å². The van der Waals surface area contributed by atoms with E-state index >= 15 is 0 Å².